The van der Waals surface area contributed by atoms with Gasteiger partial charge in [0.2, 0.25) is 0 Å². The third kappa shape index (κ3) is 3.24. The van der Waals surface area contributed by atoms with Crippen molar-refractivity contribution in [2.75, 3.05) is 13.1 Å². The fourth-order valence-corrected chi connectivity index (χ4v) is 3.17. The topological polar surface area (TPSA) is 71.9 Å². The maximum Gasteiger partial charge on any atom is 0.274 e. The molecule has 0 aliphatic carbocycles. The minimum atomic E-state index is -0.0565. The maximum atomic E-state index is 12.5. The van der Waals surface area contributed by atoms with Crippen molar-refractivity contribution in [3.8, 4) is 11.3 Å². The van der Waals surface area contributed by atoms with Gasteiger partial charge < -0.3 is 4.90 Å². The van der Waals surface area contributed by atoms with E-state index in [-0.39, 0.29) is 5.91 Å². The molecule has 124 valence electrons. The number of aromatic nitrogens is 4. The van der Waals surface area contributed by atoms with Gasteiger partial charge in [0.1, 0.15) is 5.69 Å². The summed E-state index contributed by atoms with van der Waals surface area (Å²) in [5.74, 6) is 0.253. The van der Waals surface area contributed by atoms with E-state index in [0.29, 0.717) is 18.2 Å². The van der Waals surface area contributed by atoms with Crippen LogP contribution in [0.2, 0.25) is 0 Å². The summed E-state index contributed by atoms with van der Waals surface area (Å²) in [5, 5.41) is 0. The standard InChI is InChI=1S/C19H17N5O/c25-19(18-12-21-8-9-23-18)24-10-4-16(13-24)15-3-7-22-17(11-15)14-1-5-20-6-2-14/h1-3,5-9,11-12,16H,4,10,13H2. The number of carbonyl (C=O) groups is 1. The molecule has 1 unspecified atom stereocenters. The van der Waals surface area contributed by atoms with Gasteiger partial charge in [-0.25, -0.2) is 4.98 Å². The summed E-state index contributed by atoms with van der Waals surface area (Å²) in [6, 6.07) is 8.04. The zero-order chi connectivity index (χ0) is 17.1. The van der Waals surface area contributed by atoms with Gasteiger partial charge in [0.15, 0.2) is 0 Å². The van der Waals surface area contributed by atoms with Crippen LogP contribution in [0.25, 0.3) is 11.3 Å². The predicted octanol–water partition coefficient (Wildman–Crippen LogP) is 2.56. The number of hydrogen-bond acceptors (Lipinski definition) is 5. The smallest absolute Gasteiger partial charge is 0.274 e. The molecule has 3 aromatic rings. The first-order valence-electron chi connectivity index (χ1n) is 8.23. The van der Waals surface area contributed by atoms with Crippen molar-refractivity contribution in [2.45, 2.75) is 12.3 Å². The van der Waals surface area contributed by atoms with Crippen molar-refractivity contribution >= 4 is 5.91 Å². The molecule has 4 heterocycles. The Labute approximate surface area is 145 Å². The Bertz CT molecular complexity index is 869. The summed E-state index contributed by atoms with van der Waals surface area (Å²) >= 11 is 0. The van der Waals surface area contributed by atoms with Gasteiger partial charge in [-0.1, -0.05) is 0 Å². The van der Waals surface area contributed by atoms with Gasteiger partial charge >= 0.3 is 0 Å². The fourth-order valence-electron chi connectivity index (χ4n) is 3.17. The molecule has 3 aromatic heterocycles. The van der Waals surface area contributed by atoms with Crippen molar-refractivity contribution in [1.29, 1.82) is 0 Å². The average Bonchev–Trinajstić information content (AvgIpc) is 3.19. The van der Waals surface area contributed by atoms with Crippen LogP contribution < -0.4 is 0 Å². The van der Waals surface area contributed by atoms with E-state index in [2.05, 4.69) is 26.0 Å². The lowest BCUT2D eigenvalue weighted by atomic mass is 9.97. The quantitative estimate of drug-likeness (QED) is 0.737. The van der Waals surface area contributed by atoms with Crippen LogP contribution in [0.5, 0.6) is 0 Å². The number of amides is 1. The highest BCUT2D eigenvalue weighted by Crippen LogP contribution is 2.29. The first-order valence-corrected chi connectivity index (χ1v) is 8.23. The van der Waals surface area contributed by atoms with Gasteiger partial charge in [-0.2, -0.15) is 0 Å². The van der Waals surface area contributed by atoms with Crippen LogP contribution in [-0.4, -0.2) is 43.8 Å². The van der Waals surface area contributed by atoms with E-state index < -0.39 is 0 Å². The summed E-state index contributed by atoms with van der Waals surface area (Å²) in [5.41, 5.74) is 3.58. The van der Waals surface area contributed by atoms with Crippen molar-refractivity contribution in [3.63, 3.8) is 0 Å². The first-order chi connectivity index (χ1) is 12.3. The molecular formula is C19H17N5O. The summed E-state index contributed by atoms with van der Waals surface area (Å²) in [4.78, 5) is 30.9. The van der Waals surface area contributed by atoms with Crippen LogP contribution in [0, 0.1) is 0 Å². The Morgan fingerprint density at radius 1 is 1.00 bits per heavy atom. The van der Waals surface area contributed by atoms with E-state index in [9.17, 15) is 4.79 Å². The summed E-state index contributed by atoms with van der Waals surface area (Å²) in [7, 11) is 0. The molecule has 0 saturated carbocycles. The summed E-state index contributed by atoms with van der Waals surface area (Å²) in [6.07, 6.45) is 10.9. The Balaban J connectivity index is 1.52. The lowest BCUT2D eigenvalue weighted by molar-refractivity contribution is 0.0784. The minimum absolute atomic E-state index is 0.0565. The zero-order valence-electron chi connectivity index (χ0n) is 13.6. The number of likely N-dealkylation sites (tertiary alicyclic amines) is 1. The molecule has 6 heteroatoms. The van der Waals surface area contributed by atoms with Gasteiger partial charge in [0, 0.05) is 55.6 Å². The first kappa shape index (κ1) is 15.4. The van der Waals surface area contributed by atoms with E-state index in [1.165, 1.54) is 11.8 Å². The fraction of sp³-hybridized carbons (Fsp3) is 0.211. The molecule has 0 bridgehead atoms. The Kier molecular flexibility index (Phi) is 4.16. The molecule has 4 rings (SSSR count). The number of hydrogen-bond donors (Lipinski definition) is 0. The number of carbonyl (C=O) groups excluding carboxylic acids is 1. The molecule has 0 N–H and O–H groups in total. The molecule has 1 atom stereocenters. The van der Waals surface area contributed by atoms with Gasteiger partial charge in [-0.05, 0) is 36.2 Å². The second-order valence-electron chi connectivity index (χ2n) is 6.04. The number of nitrogens with zero attached hydrogens (tertiary/aromatic N) is 5. The van der Waals surface area contributed by atoms with E-state index >= 15 is 0 Å². The van der Waals surface area contributed by atoms with E-state index in [1.807, 2.05) is 29.3 Å². The highest BCUT2D eigenvalue weighted by Gasteiger charge is 2.28. The summed E-state index contributed by atoms with van der Waals surface area (Å²) in [6.45, 7) is 1.42. The normalized spacial score (nSPS) is 16.8. The number of rotatable bonds is 3. The minimum Gasteiger partial charge on any atom is -0.337 e. The maximum absolute atomic E-state index is 12.5. The SMILES string of the molecule is O=C(c1cnccn1)N1CCC(c2ccnc(-c3ccncc3)c2)C1. The Hall–Kier alpha value is -3.15. The molecule has 1 amide bonds. The average molecular weight is 331 g/mol. The van der Waals surface area contributed by atoms with E-state index in [1.54, 1.807) is 24.8 Å². The van der Waals surface area contributed by atoms with E-state index in [4.69, 9.17) is 0 Å². The Morgan fingerprint density at radius 3 is 2.68 bits per heavy atom. The molecule has 1 aliphatic heterocycles. The monoisotopic (exact) mass is 331 g/mol. The molecule has 1 fully saturated rings. The molecule has 25 heavy (non-hydrogen) atoms. The largest absolute Gasteiger partial charge is 0.337 e. The predicted molar refractivity (Wildman–Crippen MR) is 92.8 cm³/mol. The van der Waals surface area contributed by atoms with Gasteiger partial charge in [-0.15, -0.1) is 0 Å². The molecule has 1 saturated heterocycles. The van der Waals surface area contributed by atoms with Crippen LogP contribution in [0.1, 0.15) is 28.4 Å². The lowest BCUT2D eigenvalue weighted by Gasteiger charge is -2.16. The van der Waals surface area contributed by atoms with E-state index in [0.717, 1.165) is 24.2 Å². The van der Waals surface area contributed by atoms with Crippen LogP contribution in [0.4, 0.5) is 0 Å². The van der Waals surface area contributed by atoms with Crippen molar-refractivity contribution in [2.24, 2.45) is 0 Å². The van der Waals surface area contributed by atoms with Crippen molar-refractivity contribution in [3.05, 3.63) is 72.7 Å². The van der Waals surface area contributed by atoms with Crippen molar-refractivity contribution < 1.29 is 4.79 Å². The van der Waals surface area contributed by atoms with Crippen LogP contribution in [0.3, 0.4) is 0 Å². The second kappa shape index (κ2) is 6.76. The third-order valence-corrected chi connectivity index (χ3v) is 4.49. The highest BCUT2D eigenvalue weighted by molar-refractivity contribution is 5.92. The van der Waals surface area contributed by atoms with Crippen LogP contribution in [0.15, 0.2) is 61.4 Å². The highest BCUT2D eigenvalue weighted by atomic mass is 16.2. The Morgan fingerprint density at radius 2 is 1.88 bits per heavy atom. The zero-order valence-corrected chi connectivity index (χ0v) is 13.6. The lowest BCUT2D eigenvalue weighted by Crippen LogP contribution is -2.29. The van der Waals surface area contributed by atoms with Crippen LogP contribution >= 0.6 is 0 Å². The van der Waals surface area contributed by atoms with Gasteiger partial charge in [0.05, 0.1) is 11.9 Å². The summed E-state index contributed by atoms with van der Waals surface area (Å²) < 4.78 is 0. The molecular weight excluding hydrogens is 314 g/mol. The molecule has 0 radical (unpaired) electrons. The molecule has 6 nitrogen and oxygen atoms in total. The van der Waals surface area contributed by atoms with Crippen molar-refractivity contribution in [1.82, 2.24) is 24.8 Å². The van der Waals surface area contributed by atoms with Gasteiger partial charge in [-0.3, -0.25) is 19.7 Å². The molecule has 0 aromatic carbocycles. The van der Waals surface area contributed by atoms with Gasteiger partial charge in [0.25, 0.3) is 5.91 Å². The molecule has 1 aliphatic rings. The van der Waals surface area contributed by atoms with Crippen LogP contribution in [-0.2, 0) is 0 Å². The second-order valence-corrected chi connectivity index (χ2v) is 6.04. The number of pyridine rings is 2. The third-order valence-electron chi connectivity index (χ3n) is 4.49. The molecule has 0 spiro atoms.